The maximum atomic E-state index is 6.26. The number of hydrogen-bond acceptors (Lipinski definition) is 2. The first kappa shape index (κ1) is 14.4. The van der Waals surface area contributed by atoms with Gasteiger partial charge in [-0.25, -0.2) is 0 Å². The average molecular weight is 260 g/mol. The van der Waals surface area contributed by atoms with Crippen LogP contribution in [0, 0.1) is 11.3 Å². The van der Waals surface area contributed by atoms with Crippen LogP contribution in [-0.4, -0.2) is 13.1 Å². The lowest BCUT2D eigenvalue weighted by atomic mass is 9.80. The Morgan fingerprint density at radius 1 is 1.32 bits per heavy atom. The predicted molar refractivity (Wildman–Crippen MR) is 83.4 cm³/mol. The predicted octanol–water partition coefficient (Wildman–Crippen LogP) is 3.97. The molecular weight excluding hydrogens is 232 g/mol. The Morgan fingerprint density at radius 2 is 2.00 bits per heavy atom. The molecule has 1 aromatic carbocycles. The van der Waals surface area contributed by atoms with Crippen LogP contribution in [-0.2, 0) is 0 Å². The first-order chi connectivity index (χ1) is 8.93. The Kier molecular flexibility index (Phi) is 4.19. The molecule has 106 valence electrons. The average Bonchev–Trinajstić information content (AvgIpc) is 2.87. The molecule has 0 amide bonds. The summed E-state index contributed by atoms with van der Waals surface area (Å²) < 4.78 is 0. The number of hydrogen-bond donors (Lipinski definition) is 1. The van der Waals surface area contributed by atoms with Crippen LogP contribution in [0.15, 0.2) is 24.3 Å². The van der Waals surface area contributed by atoms with E-state index in [0.717, 1.165) is 25.4 Å². The number of benzene rings is 1. The minimum absolute atomic E-state index is 0.157. The lowest BCUT2D eigenvalue weighted by Crippen LogP contribution is -2.27. The SMILES string of the molecule is CC[C@H](N)c1ccccc1N1CCC(C(C)(C)C)C1. The fraction of sp³-hybridized carbons (Fsp3) is 0.647. The monoisotopic (exact) mass is 260 g/mol. The lowest BCUT2D eigenvalue weighted by Gasteiger charge is -2.29. The van der Waals surface area contributed by atoms with Gasteiger partial charge in [-0.05, 0) is 35.8 Å². The molecule has 2 heteroatoms. The van der Waals surface area contributed by atoms with Crippen molar-refractivity contribution in [1.82, 2.24) is 0 Å². The normalized spacial score (nSPS) is 21.7. The molecule has 1 saturated heterocycles. The smallest absolute Gasteiger partial charge is 0.0414 e. The van der Waals surface area contributed by atoms with E-state index in [-0.39, 0.29) is 6.04 Å². The second-order valence-electron chi connectivity index (χ2n) is 6.87. The van der Waals surface area contributed by atoms with E-state index in [9.17, 15) is 0 Å². The molecule has 1 aliphatic heterocycles. The molecular formula is C17H28N2. The van der Waals surface area contributed by atoms with Crippen LogP contribution < -0.4 is 10.6 Å². The van der Waals surface area contributed by atoms with E-state index in [2.05, 4.69) is 56.9 Å². The summed E-state index contributed by atoms with van der Waals surface area (Å²) in [6, 6.07) is 8.81. The fourth-order valence-electron chi connectivity index (χ4n) is 2.99. The van der Waals surface area contributed by atoms with Crippen molar-refractivity contribution in [1.29, 1.82) is 0 Å². The molecule has 2 atom stereocenters. The summed E-state index contributed by atoms with van der Waals surface area (Å²) in [5, 5.41) is 0. The Labute approximate surface area is 118 Å². The van der Waals surface area contributed by atoms with Crippen LogP contribution in [0.25, 0.3) is 0 Å². The fourth-order valence-corrected chi connectivity index (χ4v) is 2.99. The molecule has 1 heterocycles. The zero-order valence-electron chi connectivity index (χ0n) is 12.8. The van der Waals surface area contributed by atoms with Crippen molar-refractivity contribution < 1.29 is 0 Å². The summed E-state index contributed by atoms with van der Waals surface area (Å²) in [6.07, 6.45) is 2.28. The van der Waals surface area contributed by atoms with Crippen LogP contribution in [0.2, 0.25) is 0 Å². The minimum atomic E-state index is 0.157. The van der Waals surface area contributed by atoms with Gasteiger partial charge in [0.2, 0.25) is 0 Å². The van der Waals surface area contributed by atoms with E-state index in [0.29, 0.717) is 5.41 Å². The second-order valence-corrected chi connectivity index (χ2v) is 6.87. The molecule has 1 unspecified atom stereocenters. The van der Waals surface area contributed by atoms with E-state index in [1.807, 2.05) is 0 Å². The highest BCUT2D eigenvalue weighted by Crippen LogP contribution is 2.37. The molecule has 1 aliphatic rings. The summed E-state index contributed by atoms with van der Waals surface area (Å²) >= 11 is 0. The molecule has 19 heavy (non-hydrogen) atoms. The molecule has 1 aromatic rings. The highest BCUT2D eigenvalue weighted by Gasteiger charge is 2.32. The maximum Gasteiger partial charge on any atom is 0.0414 e. The van der Waals surface area contributed by atoms with Gasteiger partial charge in [0.1, 0.15) is 0 Å². The van der Waals surface area contributed by atoms with Crippen LogP contribution in [0.1, 0.15) is 52.1 Å². The Hall–Kier alpha value is -1.02. The molecule has 2 N–H and O–H groups in total. The quantitative estimate of drug-likeness (QED) is 0.891. The summed E-state index contributed by atoms with van der Waals surface area (Å²) in [5.74, 6) is 0.776. The van der Waals surface area contributed by atoms with Gasteiger partial charge < -0.3 is 10.6 Å². The molecule has 0 spiro atoms. The lowest BCUT2D eigenvalue weighted by molar-refractivity contribution is 0.263. The molecule has 0 radical (unpaired) electrons. The zero-order valence-corrected chi connectivity index (χ0v) is 12.8. The van der Waals surface area contributed by atoms with Gasteiger partial charge in [-0.15, -0.1) is 0 Å². The van der Waals surface area contributed by atoms with Crippen LogP contribution in [0.5, 0.6) is 0 Å². The van der Waals surface area contributed by atoms with Crippen molar-refractivity contribution >= 4 is 5.69 Å². The van der Waals surface area contributed by atoms with Gasteiger partial charge in [0.05, 0.1) is 0 Å². The maximum absolute atomic E-state index is 6.26. The summed E-state index contributed by atoms with van der Waals surface area (Å²) in [5.41, 5.74) is 9.31. The van der Waals surface area contributed by atoms with E-state index < -0.39 is 0 Å². The topological polar surface area (TPSA) is 29.3 Å². The van der Waals surface area contributed by atoms with Crippen LogP contribution in [0.3, 0.4) is 0 Å². The van der Waals surface area contributed by atoms with E-state index in [1.54, 1.807) is 0 Å². The van der Waals surface area contributed by atoms with Gasteiger partial charge >= 0.3 is 0 Å². The highest BCUT2D eigenvalue weighted by atomic mass is 15.2. The van der Waals surface area contributed by atoms with E-state index >= 15 is 0 Å². The van der Waals surface area contributed by atoms with Crippen molar-refractivity contribution in [3.63, 3.8) is 0 Å². The molecule has 0 saturated carbocycles. The number of para-hydroxylation sites is 1. The third kappa shape index (κ3) is 3.11. The summed E-state index contributed by atoms with van der Waals surface area (Å²) in [7, 11) is 0. The molecule has 1 fully saturated rings. The third-order valence-corrected chi connectivity index (χ3v) is 4.53. The number of nitrogens with zero attached hydrogens (tertiary/aromatic N) is 1. The summed E-state index contributed by atoms with van der Waals surface area (Å²) in [4.78, 5) is 2.53. The van der Waals surface area contributed by atoms with Crippen LogP contribution in [0.4, 0.5) is 5.69 Å². The van der Waals surface area contributed by atoms with Crippen molar-refractivity contribution in [2.24, 2.45) is 17.1 Å². The van der Waals surface area contributed by atoms with Gasteiger partial charge in [-0.1, -0.05) is 45.9 Å². The van der Waals surface area contributed by atoms with E-state index in [4.69, 9.17) is 5.73 Å². The molecule has 0 aromatic heterocycles. The van der Waals surface area contributed by atoms with Crippen molar-refractivity contribution in [3.05, 3.63) is 29.8 Å². The summed E-state index contributed by atoms with van der Waals surface area (Å²) in [6.45, 7) is 11.5. The first-order valence-electron chi connectivity index (χ1n) is 7.53. The van der Waals surface area contributed by atoms with Gasteiger partial charge in [0.25, 0.3) is 0 Å². The van der Waals surface area contributed by atoms with Gasteiger partial charge in [0, 0.05) is 24.8 Å². The Balaban J connectivity index is 2.20. The van der Waals surface area contributed by atoms with Crippen LogP contribution >= 0.6 is 0 Å². The molecule has 2 rings (SSSR count). The number of anilines is 1. The van der Waals surface area contributed by atoms with Crippen molar-refractivity contribution in [3.8, 4) is 0 Å². The molecule has 0 aliphatic carbocycles. The van der Waals surface area contributed by atoms with Gasteiger partial charge in [-0.3, -0.25) is 0 Å². The molecule has 2 nitrogen and oxygen atoms in total. The van der Waals surface area contributed by atoms with Crippen molar-refractivity contribution in [2.75, 3.05) is 18.0 Å². The first-order valence-corrected chi connectivity index (χ1v) is 7.53. The van der Waals surface area contributed by atoms with Gasteiger partial charge in [-0.2, -0.15) is 0 Å². The minimum Gasteiger partial charge on any atom is -0.371 e. The second kappa shape index (κ2) is 5.54. The Bertz CT molecular complexity index is 420. The Morgan fingerprint density at radius 3 is 2.58 bits per heavy atom. The van der Waals surface area contributed by atoms with Gasteiger partial charge in [0.15, 0.2) is 0 Å². The third-order valence-electron chi connectivity index (χ3n) is 4.53. The largest absolute Gasteiger partial charge is 0.371 e. The van der Waals surface area contributed by atoms with Crippen molar-refractivity contribution in [2.45, 2.75) is 46.6 Å². The zero-order chi connectivity index (χ0) is 14.0. The highest BCUT2D eigenvalue weighted by molar-refractivity contribution is 5.55. The standard InChI is InChI=1S/C17H28N2/c1-5-15(18)14-8-6-7-9-16(14)19-11-10-13(12-19)17(2,3)4/h6-9,13,15H,5,10-12,18H2,1-4H3/t13?,15-/m0/s1. The van der Waals surface area contributed by atoms with E-state index in [1.165, 1.54) is 17.7 Å². The number of rotatable bonds is 3. The number of nitrogens with two attached hydrogens (primary N) is 1. The molecule has 0 bridgehead atoms.